The van der Waals surface area contributed by atoms with Crippen LogP contribution in [0.15, 0.2) is 35.0 Å². The van der Waals surface area contributed by atoms with Crippen LogP contribution in [-0.2, 0) is 0 Å². The molecule has 0 aromatic carbocycles. The Labute approximate surface area is 129 Å². The van der Waals surface area contributed by atoms with Gasteiger partial charge in [-0.25, -0.2) is 0 Å². The molecule has 0 spiro atoms. The third-order valence-corrected chi connectivity index (χ3v) is 4.10. The molecule has 5 heteroatoms. The van der Waals surface area contributed by atoms with Gasteiger partial charge in [-0.05, 0) is 30.9 Å². The van der Waals surface area contributed by atoms with Gasteiger partial charge < -0.3 is 9.32 Å². The summed E-state index contributed by atoms with van der Waals surface area (Å²) in [4.78, 5) is 18.9. The molecular weight excluding hydrogens is 278 g/mol. The number of pyridine rings is 1. The number of amides is 1. The number of furan rings is 1. The van der Waals surface area contributed by atoms with Crippen LogP contribution in [0.4, 0.5) is 0 Å². The average Bonchev–Trinajstić information content (AvgIpc) is 3.10. The molecule has 0 unspecified atom stereocenters. The zero-order chi connectivity index (χ0) is 15.7. The number of likely N-dealkylation sites (tertiary alicyclic amines) is 1. The standard InChI is InChI=1S/C17H17N3O2/c1-11-6-16(13-4-3-5-19-9-13)20(10-11)17(21)15-7-14(8-18)22-12(15)2/h3-5,7,9,11,16H,6,10H2,1-2H3/t11-,16-/m0/s1. The van der Waals surface area contributed by atoms with Crippen molar-refractivity contribution in [2.45, 2.75) is 26.3 Å². The van der Waals surface area contributed by atoms with Crippen molar-refractivity contribution in [2.75, 3.05) is 6.54 Å². The van der Waals surface area contributed by atoms with Crippen molar-refractivity contribution < 1.29 is 9.21 Å². The van der Waals surface area contributed by atoms with Crippen LogP contribution in [0, 0.1) is 24.2 Å². The summed E-state index contributed by atoms with van der Waals surface area (Å²) < 4.78 is 5.29. The fourth-order valence-corrected chi connectivity index (χ4v) is 3.06. The molecule has 2 atom stereocenters. The van der Waals surface area contributed by atoms with E-state index >= 15 is 0 Å². The molecule has 0 aliphatic carbocycles. The fourth-order valence-electron chi connectivity index (χ4n) is 3.06. The maximum absolute atomic E-state index is 12.9. The normalized spacial score (nSPS) is 20.9. The highest BCUT2D eigenvalue weighted by Crippen LogP contribution is 2.36. The number of nitrogens with zero attached hydrogens (tertiary/aromatic N) is 3. The SMILES string of the molecule is Cc1oc(C#N)cc1C(=O)N1C[C@@H](C)C[C@H]1c1cccnc1. The van der Waals surface area contributed by atoms with Crippen LogP contribution in [-0.4, -0.2) is 22.3 Å². The van der Waals surface area contributed by atoms with Crippen molar-refractivity contribution in [1.29, 1.82) is 5.26 Å². The van der Waals surface area contributed by atoms with Crippen molar-refractivity contribution in [2.24, 2.45) is 5.92 Å². The predicted molar refractivity (Wildman–Crippen MR) is 80.0 cm³/mol. The van der Waals surface area contributed by atoms with Crippen molar-refractivity contribution >= 4 is 5.91 Å². The average molecular weight is 295 g/mol. The molecule has 2 aromatic rings. The number of hydrogen-bond acceptors (Lipinski definition) is 4. The van der Waals surface area contributed by atoms with Crippen molar-refractivity contribution in [3.8, 4) is 6.07 Å². The maximum Gasteiger partial charge on any atom is 0.257 e. The van der Waals surface area contributed by atoms with Crippen molar-refractivity contribution in [3.05, 3.63) is 53.2 Å². The van der Waals surface area contributed by atoms with Gasteiger partial charge in [0.2, 0.25) is 5.76 Å². The summed E-state index contributed by atoms with van der Waals surface area (Å²) in [7, 11) is 0. The second kappa shape index (κ2) is 5.64. The van der Waals surface area contributed by atoms with E-state index in [4.69, 9.17) is 9.68 Å². The van der Waals surface area contributed by atoms with Gasteiger partial charge in [-0.15, -0.1) is 0 Å². The van der Waals surface area contributed by atoms with Gasteiger partial charge in [-0.3, -0.25) is 9.78 Å². The van der Waals surface area contributed by atoms with E-state index in [0.29, 0.717) is 23.8 Å². The first kappa shape index (κ1) is 14.3. The van der Waals surface area contributed by atoms with E-state index in [0.717, 1.165) is 12.0 Å². The highest BCUT2D eigenvalue weighted by Gasteiger charge is 2.35. The minimum atomic E-state index is -0.0825. The number of carbonyl (C=O) groups is 1. The molecule has 2 aromatic heterocycles. The Morgan fingerprint density at radius 1 is 1.55 bits per heavy atom. The molecule has 0 saturated carbocycles. The van der Waals surface area contributed by atoms with Gasteiger partial charge in [0.25, 0.3) is 5.91 Å². The second-order valence-electron chi connectivity index (χ2n) is 5.79. The topological polar surface area (TPSA) is 70.1 Å². The van der Waals surface area contributed by atoms with Crippen LogP contribution >= 0.6 is 0 Å². The molecule has 3 heterocycles. The zero-order valence-electron chi connectivity index (χ0n) is 12.6. The van der Waals surface area contributed by atoms with Gasteiger partial charge in [0.15, 0.2) is 0 Å². The lowest BCUT2D eigenvalue weighted by Gasteiger charge is -2.24. The van der Waals surface area contributed by atoms with Crippen LogP contribution < -0.4 is 0 Å². The Kier molecular flexibility index (Phi) is 3.68. The molecular formula is C17H17N3O2. The quantitative estimate of drug-likeness (QED) is 0.853. The van der Waals surface area contributed by atoms with Gasteiger partial charge >= 0.3 is 0 Å². The minimum absolute atomic E-state index is 0.0241. The van der Waals surface area contributed by atoms with E-state index in [2.05, 4.69) is 11.9 Å². The molecule has 1 fully saturated rings. The van der Waals surface area contributed by atoms with Crippen LogP contribution in [0.1, 0.15) is 46.8 Å². The van der Waals surface area contributed by atoms with Crippen LogP contribution in [0.2, 0.25) is 0 Å². The predicted octanol–water partition coefficient (Wildman–Crippen LogP) is 3.08. The zero-order valence-corrected chi connectivity index (χ0v) is 12.6. The number of rotatable bonds is 2. The maximum atomic E-state index is 12.9. The summed E-state index contributed by atoms with van der Waals surface area (Å²) in [5.74, 6) is 1.01. The lowest BCUT2D eigenvalue weighted by molar-refractivity contribution is 0.0730. The molecule has 0 bridgehead atoms. The van der Waals surface area contributed by atoms with Gasteiger partial charge in [0.1, 0.15) is 11.8 Å². The number of aromatic nitrogens is 1. The Morgan fingerprint density at radius 3 is 3.00 bits per heavy atom. The molecule has 1 amide bonds. The lowest BCUT2D eigenvalue weighted by Crippen LogP contribution is -2.31. The molecule has 3 rings (SSSR count). The molecule has 1 aliphatic heterocycles. The third kappa shape index (κ3) is 2.48. The summed E-state index contributed by atoms with van der Waals surface area (Å²) >= 11 is 0. The van der Waals surface area contributed by atoms with Crippen molar-refractivity contribution in [1.82, 2.24) is 9.88 Å². The molecule has 0 radical (unpaired) electrons. The largest absolute Gasteiger partial charge is 0.450 e. The molecule has 5 nitrogen and oxygen atoms in total. The van der Waals surface area contributed by atoms with E-state index in [1.54, 1.807) is 13.1 Å². The van der Waals surface area contributed by atoms with Gasteiger partial charge in [0.05, 0.1) is 11.6 Å². The molecule has 112 valence electrons. The van der Waals surface area contributed by atoms with E-state index in [1.807, 2.05) is 29.3 Å². The second-order valence-corrected chi connectivity index (χ2v) is 5.79. The van der Waals surface area contributed by atoms with Gasteiger partial charge in [-0.2, -0.15) is 5.26 Å². The smallest absolute Gasteiger partial charge is 0.257 e. The Morgan fingerprint density at radius 2 is 2.36 bits per heavy atom. The summed E-state index contributed by atoms with van der Waals surface area (Å²) in [6, 6.07) is 7.38. The van der Waals surface area contributed by atoms with Gasteiger partial charge in [0, 0.05) is 25.0 Å². The van der Waals surface area contributed by atoms with Crippen molar-refractivity contribution in [3.63, 3.8) is 0 Å². The number of hydrogen-bond donors (Lipinski definition) is 0. The van der Waals surface area contributed by atoms with E-state index in [-0.39, 0.29) is 17.7 Å². The lowest BCUT2D eigenvalue weighted by atomic mass is 10.0. The number of nitriles is 1. The first-order valence-electron chi connectivity index (χ1n) is 7.31. The summed E-state index contributed by atoms with van der Waals surface area (Å²) in [5, 5.41) is 8.92. The molecule has 22 heavy (non-hydrogen) atoms. The van der Waals surface area contributed by atoms with Crippen LogP contribution in [0.25, 0.3) is 0 Å². The van der Waals surface area contributed by atoms with E-state index in [9.17, 15) is 4.79 Å². The summed E-state index contributed by atoms with van der Waals surface area (Å²) in [5.41, 5.74) is 1.52. The first-order valence-corrected chi connectivity index (χ1v) is 7.31. The minimum Gasteiger partial charge on any atom is -0.450 e. The Balaban J connectivity index is 1.93. The van der Waals surface area contributed by atoms with Crippen LogP contribution in [0.5, 0.6) is 0 Å². The summed E-state index contributed by atoms with van der Waals surface area (Å²) in [6.07, 6.45) is 4.46. The number of carbonyl (C=O) groups excluding carboxylic acids is 1. The van der Waals surface area contributed by atoms with Gasteiger partial charge in [-0.1, -0.05) is 13.0 Å². The third-order valence-electron chi connectivity index (χ3n) is 4.10. The Bertz CT molecular complexity index is 730. The first-order chi connectivity index (χ1) is 10.6. The van der Waals surface area contributed by atoms with E-state index < -0.39 is 0 Å². The molecule has 1 aliphatic rings. The Hall–Kier alpha value is -2.61. The summed E-state index contributed by atoms with van der Waals surface area (Å²) in [6.45, 7) is 4.55. The van der Waals surface area contributed by atoms with Crippen LogP contribution in [0.3, 0.4) is 0 Å². The number of aryl methyl sites for hydroxylation is 1. The highest BCUT2D eigenvalue weighted by atomic mass is 16.3. The highest BCUT2D eigenvalue weighted by molar-refractivity contribution is 5.96. The van der Waals surface area contributed by atoms with E-state index in [1.165, 1.54) is 6.07 Å². The molecule has 0 N–H and O–H groups in total. The molecule has 1 saturated heterocycles. The monoisotopic (exact) mass is 295 g/mol. The fraction of sp³-hybridized carbons (Fsp3) is 0.353.